The summed E-state index contributed by atoms with van der Waals surface area (Å²) in [5.74, 6) is 3.86. The highest BCUT2D eigenvalue weighted by atomic mass is 16.5. The van der Waals surface area contributed by atoms with Gasteiger partial charge in [0.15, 0.2) is 5.75 Å². The molecule has 0 aromatic heterocycles. The van der Waals surface area contributed by atoms with Crippen LogP contribution in [0.3, 0.4) is 0 Å². The third kappa shape index (κ3) is 2.40. The van der Waals surface area contributed by atoms with Crippen LogP contribution in [-0.4, -0.2) is 0 Å². The van der Waals surface area contributed by atoms with Crippen LogP contribution in [0, 0.1) is 19.3 Å². The molecule has 84 valence electrons. The van der Waals surface area contributed by atoms with Gasteiger partial charge in [-0.15, -0.1) is 6.42 Å². The Bertz CT molecular complexity index is 582. The minimum Gasteiger partial charge on any atom is -0.454 e. The third-order valence-electron chi connectivity index (χ3n) is 2.43. The second kappa shape index (κ2) is 4.63. The summed E-state index contributed by atoms with van der Waals surface area (Å²) in [5, 5.41) is 0. The topological polar surface area (TPSA) is 35.2 Å². The molecule has 0 unspecified atom stereocenters. The monoisotopic (exact) mass is 223 g/mol. The first-order valence-electron chi connectivity index (χ1n) is 5.30. The van der Waals surface area contributed by atoms with Crippen molar-refractivity contribution >= 4 is 5.69 Å². The van der Waals surface area contributed by atoms with Gasteiger partial charge in [-0.25, -0.2) is 0 Å². The van der Waals surface area contributed by atoms with E-state index in [0.717, 1.165) is 5.56 Å². The van der Waals surface area contributed by atoms with Crippen molar-refractivity contribution in [1.29, 1.82) is 0 Å². The zero-order chi connectivity index (χ0) is 12.3. The molecule has 0 saturated heterocycles. The summed E-state index contributed by atoms with van der Waals surface area (Å²) in [4.78, 5) is 0. The molecule has 0 atom stereocenters. The summed E-state index contributed by atoms with van der Waals surface area (Å²) < 4.78 is 5.74. The molecule has 0 aliphatic carbocycles. The summed E-state index contributed by atoms with van der Waals surface area (Å²) in [5.41, 5.74) is 8.26. The lowest BCUT2D eigenvalue weighted by Crippen LogP contribution is -1.94. The Labute approximate surface area is 101 Å². The standard InChI is InChI=1S/C15H13NO/c1-3-12-6-4-5-7-14(12)17-15-10-11(2)8-9-13(15)16/h1,4-10H,16H2,2H3. The van der Waals surface area contributed by atoms with Gasteiger partial charge in [-0.05, 0) is 36.8 Å². The smallest absolute Gasteiger partial charge is 0.150 e. The predicted octanol–water partition coefficient (Wildman–Crippen LogP) is 3.35. The van der Waals surface area contributed by atoms with E-state index >= 15 is 0 Å². The average molecular weight is 223 g/mol. The number of nitrogens with two attached hydrogens (primary N) is 1. The number of benzene rings is 2. The van der Waals surface area contributed by atoms with Crippen molar-refractivity contribution in [3.63, 3.8) is 0 Å². The lowest BCUT2D eigenvalue weighted by Gasteiger charge is -2.10. The highest BCUT2D eigenvalue weighted by Crippen LogP contribution is 2.30. The number of rotatable bonds is 2. The fraction of sp³-hybridized carbons (Fsp3) is 0.0667. The summed E-state index contributed by atoms with van der Waals surface area (Å²) in [6.45, 7) is 1.99. The van der Waals surface area contributed by atoms with Crippen molar-refractivity contribution in [2.75, 3.05) is 5.73 Å². The SMILES string of the molecule is C#Cc1ccccc1Oc1cc(C)ccc1N. The normalized spacial score (nSPS) is 9.65. The first kappa shape index (κ1) is 11.1. The number of ether oxygens (including phenoxy) is 1. The molecule has 0 aliphatic heterocycles. The van der Waals surface area contributed by atoms with Gasteiger partial charge in [0, 0.05) is 0 Å². The van der Waals surface area contributed by atoms with E-state index in [2.05, 4.69) is 5.92 Å². The van der Waals surface area contributed by atoms with Crippen LogP contribution in [0.4, 0.5) is 5.69 Å². The van der Waals surface area contributed by atoms with Crippen LogP contribution in [0.1, 0.15) is 11.1 Å². The number of terminal acetylenes is 1. The molecule has 0 heterocycles. The van der Waals surface area contributed by atoms with Crippen LogP contribution in [0.5, 0.6) is 11.5 Å². The second-order valence-electron chi connectivity index (χ2n) is 3.78. The van der Waals surface area contributed by atoms with Crippen molar-refractivity contribution < 1.29 is 4.74 Å². The quantitative estimate of drug-likeness (QED) is 0.626. The van der Waals surface area contributed by atoms with E-state index in [1.807, 2.05) is 49.4 Å². The Balaban J connectivity index is 2.38. The van der Waals surface area contributed by atoms with E-state index in [1.54, 1.807) is 0 Å². The number of nitrogen functional groups attached to an aromatic ring is 1. The summed E-state index contributed by atoms with van der Waals surface area (Å²) in [7, 11) is 0. The van der Waals surface area contributed by atoms with Crippen molar-refractivity contribution in [3.8, 4) is 23.8 Å². The lowest BCUT2D eigenvalue weighted by atomic mass is 10.2. The molecule has 0 saturated carbocycles. The minimum absolute atomic E-state index is 0.599. The maximum absolute atomic E-state index is 5.85. The van der Waals surface area contributed by atoms with E-state index in [4.69, 9.17) is 16.9 Å². The van der Waals surface area contributed by atoms with Crippen LogP contribution in [0.2, 0.25) is 0 Å². The van der Waals surface area contributed by atoms with Gasteiger partial charge in [-0.2, -0.15) is 0 Å². The van der Waals surface area contributed by atoms with Gasteiger partial charge in [0.05, 0.1) is 11.3 Å². The van der Waals surface area contributed by atoms with Crippen molar-refractivity contribution in [3.05, 3.63) is 53.6 Å². The zero-order valence-corrected chi connectivity index (χ0v) is 9.60. The molecule has 0 fully saturated rings. The second-order valence-corrected chi connectivity index (χ2v) is 3.78. The predicted molar refractivity (Wildman–Crippen MR) is 70.0 cm³/mol. The average Bonchev–Trinajstić information content (AvgIpc) is 2.34. The largest absolute Gasteiger partial charge is 0.454 e. The molecule has 2 heteroatoms. The third-order valence-corrected chi connectivity index (χ3v) is 2.43. The summed E-state index contributed by atoms with van der Waals surface area (Å²) in [6, 6.07) is 13.1. The van der Waals surface area contributed by atoms with Crippen LogP contribution < -0.4 is 10.5 Å². The van der Waals surface area contributed by atoms with Crippen LogP contribution in [0.25, 0.3) is 0 Å². The summed E-state index contributed by atoms with van der Waals surface area (Å²) in [6.07, 6.45) is 5.41. The van der Waals surface area contributed by atoms with Crippen LogP contribution >= 0.6 is 0 Å². The molecular formula is C15H13NO. The maximum Gasteiger partial charge on any atom is 0.150 e. The minimum atomic E-state index is 0.599. The molecule has 2 nitrogen and oxygen atoms in total. The van der Waals surface area contributed by atoms with Crippen molar-refractivity contribution in [2.45, 2.75) is 6.92 Å². The number of hydrogen-bond acceptors (Lipinski definition) is 2. The zero-order valence-electron chi connectivity index (χ0n) is 9.60. The highest BCUT2D eigenvalue weighted by Gasteiger charge is 2.05. The maximum atomic E-state index is 5.85. The fourth-order valence-corrected chi connectivity index (χ4v) is 1.52. The molecular weight excluding hydrogens is 210 g/mol. The van der Waals surface area contributed by atoms with E-state index in [1.165, 1.54) is 0 Å². The summed E-state index contributed by atoms with van der Waals surface area (Å²) >= 11 is 0. The van der Waals surface area contributed by atoms with Crippen LogP contribution in [0.15, 0.2) is 42.5 Å². The van der Waals surface area contributed by atoms with Gasteiger partial charge >= 0.3 is 0 Å². The number of para-hydroxylation sites is 1. The van der Waals surface area contributed by atoms with E-state index in [0.29, 0.717) is 22.7 Å². The highest BCUT2D eigenvalue weighted by molar-refractivity contribution is 5.57. The van der Waals surface area contributed by atoms with E-state index < -0.39 is 0 Å². The number of anilines is 1. The molecule has 0 amide bonds. The first-order chi connectivity index (χ1) is 8.20. The molecule has 0 bridgehead atoms. The fourth-order valence-electron chi connectivity index (χ4n) is 1.52. The Morgan fingerprint density at radius 2 is 1.88 bits per heavy atom. The Morgan fingerprint density at radius 3 is 2.65 bits per heavy atom. The van der Waals surface area contributed by atoms with Gasteiger partial charge in [-0.1, -0.05) is 24.1 Å². The van der Waals surface area contributed by atoms with Gasteiger partial charge in [0.1, 0.15) is 5.75 Å². The van der Waals surface area contributed by atoms with Gasteiger partial charge < -0.3 is 10.5 Å². The van der Waals surface area contributed by atoms with E-state index in [-0.39, 0.29) is 0 Å². The van der Waals surface area contributed by atoms with E-state index in [9.17, 15) is 0 Å². The Hall–Kier alpha value is -2.40. The molecule has 2 N–H and O–H groups in total. The van der Waals surface area contributed by atoms with Crippen LogP contribution in [-0.2, 0) is 0 Å². The molecule has 0 spiro atoms. The van der Waals surface area contributed by atoms with Gasteiger partial charge in [0.2, 0.25) is 0 Å². The van der Waals surface area contributed by atoms with Crippen molar-refractivity contribution in [2.24, 2.45) is 0 Å². The first-order valence-corrected chi connectivity index (χ1v) is 5.30. The van der Waals surface area contributed by atoms with Gasteiger partial charge in [0.25, 0.3) is 0 Å². The lowest BCUT2D eigenvalue weighted by molar-refractivity contribution is 0.483. The molecule has 0 aliphatic rings. The molecule has 17 heavy (non-hydrogen) atoms. The molecule has 2 aromatic rings. The van der Waals surface area contributed by atoms with Gasteiger partial charge in [-0.3, -0.25) is 0 Å². The van der Waals surface area contributed by atoms with Crippen molar-refractivity contribution in [1.82, 2.24) is 0 Å². The number of aryl methyl sites for hydroxylation is 1. The Morgan fingerprint density at radius 1 is 1.12 bits per heavy atom. The number of hydrogen-bond donors (Lipinski definition) is 1. The molecule has 2 aromatic carbocycles. The Kier molecular flexibility index (Phi) is 3.02. The molecule has 2 rings (SSSR count). The molecule has 0 radical (unpaired) electrons.